The van der Waals surface area contributed by atoms with Crippen LogP contribution in [0.2, 0.25) is 0 Å². The fourth-order valence-electron chi connectivity index (χ4n) is 2.26. The van der Waals surface area contributed by atoms with E-state index in [1.54, 1.807) is 6.08 Å². The molecule has 1 aliphatic heterocycles. The van der Waals surface area contributed by atoms with Crippen molar-refractivity contribution in [3.63, 3.8) is 0 Å². The van der Waals surface area contributed by atoms with Crippen LogP contribution in [0.25, 0.3) is 5.70 Å². The lowest BCUT2D eigenvalue weighted by Gasteiger charge is -2.10. The first-order valence-corrected chi connectivity index (χ1v) is 7.85. The Bertz CT molecular complexity index is 996. The first kappa shape index (κ1) is 17.7. The second-order valence-corrected chi connectivity index (χ2v) is 5.47. The van der Waals surface area contributed by atoms with Crippen LogP contribution in [0.1, 0.15) is 21.7 Å². The zero-order valence-electron chi connectivity index (χ0n) is 13.0. The van der Waals surface area contributed by atoms with E-state index < -0.39 is 40.2 Å². The van der Waals surface area contributed by atoms with Crippen molar-refractivity contribution in [3.8, 4) is 5.88 Å². The molecule has 0 fully saturated rings. The number of H-pyrrole nitrogens is 1. The number of anilines is 1. The summed E-state index contributed by atoms with van der Waals surface area (Å²) in [5.41, 5.74) is -2.05. The maximum absolute atomic E-state index is 14.2. The minimum Gasteiger partial charge on any atom is -0.493 e. The van der Waals surface area contributed by atoms with Crippen LogP contribution >= 0.6 is 12.6 Å². The third kappa shape index (κ3) is 3.33. The summed E-state index contributed by atoms with van der Waals surface area (Å²) in [4.78, 5) is 29.9. The lowest BCUT2D eigenvalue weighted by molar-refractivity contribution is 0.102. The number of hydrogen-bond donors (Lipinski definition) is 4. The number of benzene rings is 1. The van der Waals surface area contributed by atoms with Gasteiger partial charge in [0, 0.05) is 11.3 Å². The topological polar surface area (TPSA) is 120 Å². The number of carbonyl (C=O) groups is 1. The van der Waals surface area contributed by atoms with Gasteiger partial charge in [-0.15, -0.1) is 0 Å². The molecule has 1 aromatic heterocycles. The van der Waals surface area contributed by atoms with E-state index in [0.29, 0.717) is 12.2 Å². The Morgan fingerprint density at radius 2 is 2.04 bits per heavy atom. The third-order valence-electron chi connectivity index (χ3n) is 3.45. The van der Waals surface area contributed by atoms with E-state index in [1.807, 2.05) is 5.32 Å². The van der Waals surface area contributed by atoms with E-state index in [4.69, 9.17) is 0 Å². The van der Waals surface area contributed by atoms with Gasteiger partial charge in [0.05, 0.1) is 12.2 Å². The highest BCUT2D eigenvalue weighted by Crippen LogP contribution is 2.27. The minimum absolute atomic E-state index is 0.0165. The van der Waals surface area contributed by atoms with Gasteiger partial charge < -0.3 is 15.4 Å². The predicted octanol–water partition coefficient (Wildman–Crippen LogP) is 2.24. The van der Waals surface area contributed by atoms with Crippen LogP contribution < -0.4 is 10.9 Å². The number of nitrogens with one attached hydrogen (secondary N) is 2. The van der Waals surface area contributed by atoms with Crippen LogP contribution in [0, 0.1) is 11.6 Å². The number of nitrogens with zero attached hydrogens (tertiary/aromatic N) is 3. The van der Waals surface area contributed by atoms with E-state index in [9.17, 15) is 23.5 Å². The maximum Gasteiger partial charge on any atom is 0.267 e. The fraction of sp³-hybridized carbons (Fsp3) is 0.133. The summed E-state index contributed by atoms with van der Waals surface area (Å²) < 4.78 is 28.5. The molecular weight excluding hydrogens is 368 g/mol. The van der Waals surface area contributed by atoms with Crippen molar-refractivity contribution in [3.05, 3.63) is 57.1 Å². The van der Waals surface area contributed by atoms with E-state index in [0.717, 1.165) is 12.1 Å². The Morgan fingerprint density at radius 1 is 1.35 bits per heavy atom. The van der Waals surface area contributed by atoms with Crippen LogP contribution in [0.3, 0.4) is 0 Å². The van der Waals surface area contributed by atoms with E-state index in [2.05, 4.69) is 32.8 Å². The molecule has 26 heavy (non-hydrogen) atoms. The summed E-state index contributed by atoms with van der Waals surface area (Å²) in [6, 6.07) is 1.95. The Labute approximate surface area is 150 Å². The first-order chi connectivity index (χ1) is 12.4. The molecule has 0 aliphatic carbocycles. The highest BCUT2D eigenvalue weighted by Gasteiger charge is 2.22. The van der Waals surface area contributed by atoms with Gasteiger partial charge >= 0.3 is 0 Å². The monoisotopic (exact) mass is 379 g/mol. The molecule has 8 nitrogen and oxygen atoms in total. The Balaban J connectivity index is 1.93. The van der Waals surface area contributed by atoms with E-state index in [1.165, 1.54) is 0 Å². The largest absolute Gasteiger partial charge is 0.493 e. The molecule has 1 aliphatic rings. The van der Waals surface area contributed by atoms with Crippen LogP contribution in [-0.4, -0.2) is 27.5 Å². The highest BCUT2D eigenvalue weighted by atomic mass is 32.1. The van der Waals surface area contributed by atoms with Gasteiger partial charge in [-0.2, -0.15) is 27.8 Å². The Hall–Kier alpha value is -3.08. The third-order valence-corrected chi connectivity index (χ3v) is 3.75. The number of aromatic hydroxyl groups is 1. The first-order valence-electron chi connectivity index (χ1n) is 7.22. The Kier molecular flexibility index (Phi) is 4.80. The van der Waals surface area contributed by atoms with E-state index in [-0.39, 0.29) is 17.1 Å². The number of thiol groups is 1. The lowest BCUT2D eigenvalue weighted by atomic mass is 10.1. The molecule has 3 N–H and O–H groups in total. The molecule has 0 saturated heterocycles. The highest BCUT2D eigenvalue weighted by molar-refractivity contribution is 7.79. The van der Waals surface area contributed by atoms with E-state index >= 15 is 0 Å². The van der Waals surface area contributed by atoms with Crippen molar-refractivity contribution >= 4 is 29.9 Å². The molecule has 0 atom stereocenters. The average molecular weight is 379 g/mol. The zero-order valence-corrected chi connectivity index (χ0v) is 13.8. The van der Waals surface area contributed by atoms with Gasteiger partial charge in [0.25, 0.3) is 11.5 Å². The number of aromatic amines is 1. The van der Waals surface area contributed by atoms with Gasteiger partial charge in [0.15, 0.2) is 5.56 Å². The SMILES string of the molecule is O=C(Nc1c(F)cc(C2=CCN=N2)cc1F)c1c(O)nc(CS)[nH]c1=O. The van der Waals surface area contributed by atoms with Gasteiger partial charge in [-0.05, 0) is 18.2 Å². The zero-order chi connectivity index (χ0) is 18.8. The van der Waals surface area contributed by atoms with Crippen LogP contribution in [-0.2, 0) is 5.75 Å². The Morgan fingerprint density at radius 3 is 2.58 bits per heavy atom. The lowest BCUT2D eigenvalue weighted by Crippen LogP contribution is -2.26. The number of rotatable bonds is 4. The molecule has 0 unspecified atom stereocenters. The number of aromatic nitrogens is 2. The average Bonchev–Trinajstić information content (AvgIpc) is 3.11. The quantitative estimate of drug-likeness (QED) is 0.609. The summed E-state index contributed by atoms with van der Waals surface area (Å²) in [6.45, 7) is 0.314. The summed E-state index contributed by atoms with van der Waals surface area (Å²) in [5.74, 6) is -4.19. The van der Waals surface area contributed by atoms with Crippen molar-refractivity contribution in [2.24, 2.45) is 10.2 Å². The number of carbonyl (C=O) groups excluding carboxylic acids is 1. The molecule has 3 rings (SSSR count). The normalized spacial score (nSPS) is 13.0. The fourth-order valence-corrected chi connectivity index (χ4v) is 2.41. The molecule has 0 spiro atoms. The predicted molar refractivity (Wildman–Crippen MR) is 91.2 cm³/mol. The second-order valence-electron chi connectivity index (χ2n) is 5.15. The molecular formula is C15H11F2N5O3S. The van der Waals surface area contributed by atoms with Gasteiger partial charge in [0.1, 0.15) is 23.1 Å². The van der Waals surface area contributed by atoms with Crippen molar-refractivity contribution < 1.29 is 18.7 Å². The molecule has 11 heteroatoms. The molecule has 0 bridgehead atoms. The van der Waals surface area contributed by atoms with Gasteiger partial charge in [0.2, 0.25) is 5.88 Å². The molecule has 2 heterocycles. The van der Waals surface area contributed by atoms with Crippen molar-refractivity contribution in [2.75, 3.05) is 11.9 Å². The van der Waals surface area contributed by atoms with Gasteiger partial charge in [-0.3, -0.25) is 9.59 Å². The van der Waals surface area contributed by atoms with Crippen molar-refractivity contribution in [1.29, 1.82) is 0 Å². The number of amides is 1. The smallest absolute Gasteiger partial charge is 0.267 e. The molecule has 0 radical (unpaired) electrons. The van der Waals surface area contributed by atoms with Crippen LogP contribution in [0.15, 0.2) is 33.2 Å². The molecule has 0 saturated carbocycles. The second kappa shape index (κ2) is 7.04. The van der Waals surface area contributed by atoms with Crippen LogP contribution in [0.5, 0.6) is 5.88 Å². The molecule has 1 amide bonds. The summed E-state index contributed by atoms with van der Waals surface area (Å²) in [7, 11) is 0. The van der Waals surface area contributed by atoms with Crippen molar-refractivity contribution in [2.45, 2.75) is 5.75 Å². The van der Waals surface area contributed by atoms with Crippen LogP contribution in [0.4, 0.5) is 14.5 Å². The molecule has 134 valence electrons. The summed E-state index contributed by atoms with van der Waals surface area (Å²) in [6.07, 6.45) is 1.58. The number of azo groups is 1. The summed E-state index contributed by atoms with van der Waals surface area (Å²) >= 11 is 3.88. The standard InChI is InChI=1S/C15H11F2N5O3S/c16-7-3-6(9-1-2-18-22-9)4-8(17)12(7)21-15(25)11-13(23)19-10(5-26)20-14(11)24/h1,3-4,26H,2,5H2,(H,21,25)(H2,19,20,23,24). The number of hydrogen-bond acceptors (Lipinski definition) is 7. The maximum atomic E-state index is 14.2. The summed E-state index contributed by atoms with van der Waals surface area (Å²) in [5, 5.41) is 19.1. The molecule has 1 aromatic carbocycles. The van der Waals surface area contributed by atoms with Gasteiger partial charge in [-0.25, -0.2) is 8.78 Å². The molecule has 2 aromatic rings. The number of halogens is 2. The minimum atomic E-state index is -1.22. The van der Waals surface area contributed by atoms with Gasteiger partial charge in [-0.1, -0.05) is 0 Å². The van der Waals surface area contributed by atoms with Crippen molar-refractivity contribution in [1.82, 2.24) is 9.97 Å².